The normalized spacial score (nSPS) is 20.9. The minimum absolute atomic E-state index is 0.339. The number of rotatable bonds is 6. The molecule has 0 radical (unpaired) electrons. The zero-order valence-electron chi connectivity index (χ0n) is 14.2. The molecule has 1 aliphatic rings. The Kier molecular flexibility index (Phi) is 5.79. The van der Waals surface area contributed by atoms with Crippen LogP contribution in [-0.2, 0) is 7.05 Å². The van der Waals surface area contributed by atoms with E-state index in [1.165, 1.54) is 31.9 Å². The Labute approximate surface area is 129 Å². The molecule has 2 atom stereocenters. The molecule has 5 nitrogen and oxygen atoms in total. The Hall–Kier alpha value is -0.910. The molecule has 1 saturated heterocycles. The molecule has 0 spiro atoms. The third kappa shape index (κ3) is 4.28. The number of aryl methyl sites for hydroxylation is 1. The lowest BCUT2D eigenvalue weighted by molar-refractivity contribution is 0.0862. The summed E-state index contributed by atoms with van der Waals surface area (Å²) in [5.74, 6) is 0.666. The number of aromatic nitrogens is 2. The SMILES string of the molecule is CC(NCC(C(C)C)N1CCN(C)CC1)c1ccnn1C. The first-order chi connectivity index (χ1) is 9.99. The maximum absolute atomic E-state index is 4.26. The molecular formula is C16H31N5. The number of hydrogen-bond acceptors (Lipinski definition) is 4. The predicted molar refractivity (Wildman–Crippen MR) is 87.3 cm³/mol. The van der Waals surface area contributed by atoms with Gasteiger partial charge in [-0.15, -0.1) is 0 Å². The van der Waals surface area contributed by atoms with E-state index in [0.717, 1.165) is 6.54 Å². The van der Waals surface area contributed by atoms with E-state index < -0.39 is 0 Å². The molecule has 0 aliphatic carbocycles. The van der Waals surface area contributed by atoms with E-state index in [1.54, 1.807) is 0 Å². The first kappa shape index (κ1) is 16.5. The van der Waals surface area contributed by atoms with Crippen LogP contribution < -0.4 is 5.32 Å². The molecule has 0 aromatic carbocycles. The third-order valence-electron chi connectivity index (χ3n) is 4.71. The largest absolute Gasteiger partial charge is 0.307 e. The molecule has 1 N–H and O–H groups in total. The summed E-state index contributed by atoms with van der Waals surface area (Å²) < 4.78 is 1.96. The molecule has 0 bridgehead atoms. The van der Waals surface area contributed by atoms with Crippen molar-refractivity contribution < 1.29 is 0 Å². The van der Waals surface area contributed by atoms with Crippen LogP contribution in [-0.4, -0.2) is 65.4 Å². The zero-order valence-corrected chi connectivity index (χ0v) is 14.2. The summed E-state index contributed by atoms with van der Waals surface area (Å²) in [5.41, 5.74) is 1.25. The Morgan fingerprint density at radius 3 is 2.33 bits per heavy atom. The van der Waals surface area contributed by atoms with Gasteiger partial charge in [-0.25, -0.2) is 0 Å². The van der Waals surface area contributed by atoms with Crippen LogP contribution >= 0.6 is 0 Å². The van der Waals surface area contributed by atoms with Gasteiger partial charge in [0.25, 0.3) is 0 Å². The second-order valence-electron chi connectivity index (χ2n) is 6.66. The molecule has 1 aromatic rings. The minimum Gasteiger partial charge on any atom is -0.307 e. The van der Waals surface area contributed by atoms with Gasteiger partial charge < -0.3 is 10.2 Å². The van der Waals surface area contributed by atoms with Crippen LogP contribution in [0, 0.1) is 5.92 Å². The van der Waals surface area contributed by atoms with Crippen molar-refractivity contribution in [2.45, 2.75) is 32.9 Å². The first-order valence-corrected chi connectivity index (χ1v) is 8.13. The van der Waals surface area contributed by atoms with Crippen LogP contribution in [0.2, 0.25) is 0 Å². The number of likely N-dealkylation sites (N-methyl/N-ethyl adjacent to an activating group) is 1. The monoisotopic (exact) mass is 293 g/mol. The van der Waals surface area contributed by atoms with Crippen LogP contribution in [0.5, 0.6) is 0 Å². The molecule has 1 aliphatic heterocycles. The maximum Gasteiger partial charge on any atom is 0.0547 e. The lowest BCUT2D eigenvalue weighted by Gasteiger charge is -2.40. The molecule has 5 heteroatoms. The third-order valence-corrected chi connectivity index (χ3v) is 4.71. The summed E-state index contributed by atoms with van der Waals surface area (Å²) in [6.07, 6.45) is 1.87. The standard InChI is InChI=1S/C16H31N5/c1-13(2)16(21-10-8-19(4)9-11-21)12-17-14(3)15-6-7-18-20(15)5/h6-7,13-14,16-17H,8-12H2,1-5H3. The number of nitrogens with one attached hydrogen (secondary N) is 1. The summed E-state index contributed by atoms with van der Waals surface area (Å²) >= 11 is 0. The summed E-state index contributed by atoms with van der Waals surface area (Å²) in [7, 11) is 4.22. The molecule has 2 unspecified atom stereocenters. The number of piperazine rings is 1. The Bertz CT molecular complexity index is 420. The van der Waals surface area contributed by atoms with Gasteiger partial charge in [0, 0.05) is 58.1 Å². The van der Waals surface area contributed by atoms with Crippen molar-refractivity contribution in [3.63, 3.8) is 0 Å². The summed E-state index contributed by atoms with van der Waals surface area (Å²) in [4.78, 5) is 5.06. The van der Waals surface area contributed by atoms with E-state index in [0.29, 0.717) is 18.0 Å². The highest BCUT2D eigenvalue weighted by atomic mass is 15.3. The summed E-state index contributed by atoms with van der Waals surface area (Å²) in [6, 6.07) is 3.04. The average Bonchev–Trinajstić information content (AvgIpc) is 2.86. The highest BCUT2D eigenvalue weighted by Crippen LogP contribution is 2.15. The van der Waals surface area contributed by atoms with E-state index in [2.05, 4.69) is 54.1 Å². The van der Waals surface area contributed by atoms with Gasteiger partial charge in [-0.1, -0.05) is 13.8 Å². The fourth-order valence-electron chi connectivity index (χ4n) is 3.15. The molecule has 2 heterocycles. The van der Waals surface area contributed by atoms with Crippen molar-refractivity contribution in [1.29, 1.82) is 0 Å². The first-order valence-electron chi connectivity index (χ1n) is 8.13. The van der Waals surface area contributed by atoms with Crippen molar-refractivity contribution in [3.05, 3.63) is 18.0 Å². The lowest BCUT2D eigenvalue weighted by atomic mass is 10.0. The van der Waals surface area contributed by atoms with E-state index in [4.69, 9.17) is 0 Å². The lowest BCUT2D eigenvalue weighted by Crippen LogP contribution is -2.53. The van der Waals surface area contributed by atoms with Crippen LogP contribution in [0.25, 0.3) is 0 Å². The fraction of sp³-hybridized carbons (Fsp3) is 0.812. The van der Waals surface area contributed by atoms with Gasteiger partial charge in [-0.05, 0) is 26.0 Å². The molecule has 120 valence electrons. The molecule has 0 saturated carbocycles. The molecule has 2 rings (SSSR count). The van der Waals surface area contributed by atoms with Crippen molar-refractivity contribution in [1.82, 2.24) is 24.9 Å². The van der Waals surface area contributed by atoms with Crippen LogP contribution in [0.1, 0.15) is 32.5 Å². The molecule has 1 fully saturated rings. The predicted octanol–water partition coefficient (Wildman–Crippen LogP) is 1.34. The van der Waals surface area contributed by atoms with Gasteiger partial charge in [0.05, 0.1) is 5.69 Å². The number of nitrogens with zero attached hydrogens (tertiary/aromatic N) is 4. The Morgan fingerprint density at radius 1 is 1.14 bits per heavy atom. The average molecular weight is 293 g/mol. The van der Waals surface area contributed by atoms with E-state index >= 15 is 0 Å². The van der Waals surface area contributed by atoms with Crippen LogP contribution in [0.15, 0.2) is 12.3 Å². The zero-order chi connectivity index (χ0) is 15.4. The molecule has 21 heavy (non-hydrogen) atoms. The van der Waals surface area contributed by atoms with Gasteiger partial charge in [-0.2, -0.15) is 5.10 Å². The van der Waals surface area contributed by atoms with E-state index in [9.17, 15) is 0 Å². The van der Waals surface area contributed by atoms with Crippen molar-refractivity contribution in [2.24, 2.45) is 13.0 Å². The topological polar surface area (TPSA) is 36.3 Å². The van der Waals surface area contributed by atoms with Crippen molar-refractivity contribution in [2.75, 3.05) is 39.8 Å². The van der Waals surface area contributed by atoms with E-state index in [-0.39, 0.29) is 0 Å². The van der Waals surface area contributed by atoms with Crippen LogP contribution in [0.3, 0.4) is 0 Å². The van der Waals surface area contributed by atoms with Gasteiger partial charge in [-0.3, -0.25) is 9.58 Å². The fourth-order valence-corrected chi connectivity index (χ4v) is 3.15. The Morgan fingerprint density at radius 2 is 1.81 bits per heavy atom. The van der Waals surface area contributed by atoms with Crippen molar-refractivity contribution >= 4 is 0 Å². The highest BCUT2D eigenvalue weighted by Gasteiger charge is 2.25. The maximum atomic E-state index is 4.26. The van der Waals surface area contributed by atoms with E-state index in [1.807, 2.05) is 17.9 Å². The minimum atomic E-state index is 0.339. The highest BCUT2D eigenvalue weighted by molar-refractivity contribution is 5.05. The number of hydrogen-bond donors (Lipinski definition) is 1. The molecule has 0 amide bonds. The van der Waals surface area contributed by atoms with Gasteiger partial charge in [0.1, 0.15) is 0 Å². The summed E-state index contributed by atoms with van der Waals surface area (Å²) in [5, 5.41) is 7.96. The Balaban J connectivity index is 1.90. The quantitative estimate of drug-likeness (QED) is 0.859. The molecule has 1 aromatic heterocycles. The molecular weight excluding hydrogens is 262 g/mol. The van der Waals surface area contributed by atoms with Gasteiger partial charge in [0.15, 0.2) is 0 Å². The summed E-state index contributed by atoms with van der Waals surface area (Å²) in [6.45, 7) is 12.6. The van der Waals surface area contributed by atoms with Crippen molar-refractivity contribution in [3.8, 4) is 0 Å². The van der Waals surface area contributed by atoms with Crippen LogP contribution in [0.4, 0.5) is 0 Å². The van der Waals surface area contributed by atoms with Gasteiger partial charge in [0.2, 0.25) is 0 Å². The second-order valence-corrected chi connectivity index (χ2v) is 6.66. The second kappa shape index (κ2) is 7.38. The van der Waals surface area contributed by atoms with Gasteiger partial charge >= 0.3 is 0 Å². The smallest absolute Gasteiger partial charge is 0.0547 e.